The number of fused-ring (bicyclic) bond motifs is 1. The van der Waals surface area contributed by atoms with Crippen LogP contribution in [0.15, 0.2) is 41.4 Å². The molecule has 8 nitrogen and oxygen atoms in total. The molecular weight excluding hydrogens is 408 g/mol. The lowest BCUT2D eigenvalue weighted by Gasteiger charge is -2.17. The molecule has 1 aliphatic rings. The van der Waals surface area contributed by atoms with Crippen molar-refractivity contribution in [3.63, 3.8) is 0 Å². The predicted molar refractivity (Wildman–Crippen MR) is 124 cm³/mol. The lowest BCUT2D eigenvalue weighted by atomic mass is 10.1. The average Bonchev–Trinajstić information content (AvgIpc) is 3.27. The summed E-state index contributed by atoms with van der Waals surface area (Å²) in [6, 6.07) is 12.0. The number of nitrogens with one attached hydrogen (secondary N) is 2. The summed E-state index contributed by atoms with van der Waals surface area (Å²) in [4.78, 5) is 18.7. The van der Waals surface area contributed by atoms with Crippen LogP contribution in [0.25, 0.3) is 0 Å². The number of guanidine groups is 1. The van der Waals surface area contributed by atoms with Crippen LogP contribution in [-0.2, 0) is 24.4 Å². The Balaban J connectivity index is 1.43. The first-order chi connectivity index (χ1) is 15.6. The Morgan fingerprint density at radius 2 is 1.62 bits per heavy atom. The first kappa shape index (κ1) is 23.2. The smallest absolute Gasteiger partial charge is 0.223 e. The molecule has 0 radical (unpaired) electrons. The van der Waals surface area contributed by atoms with Gasteiger partial charge >= 0.3 is 0 Å². The van der Waals surface area contributed by atoms with E-state index in [9.17, 15) is 4.79 Å². The zero-order valence-electron chi connectivity index (χ0n) is 19.2. The van der Waals surface area contributed by atoms with Crippen molar-refractivity contribution in [2.24, 2.45) is 4.99 Å². The minimum Gasteiger partial charge on any atom is -0.493 e. The van der Waals surface area contributed by atoms with Crippen molar-refractivity contribution in [3.8, 4) is 17.2 Å². The Morgan fingerprint density at radius 3 is 2.16 bits per heavy atom. The van der Waals surface area contributed by atoms with Crippen molar-refractivity contribution in [1.29, 1.82) is 0 Å². The van der Waals surface area contributed by atoms with E-state index in [-0.39, 0.29) is 5.91 Å². The molecule has 0 unspecified atom stereocenters. The number of benzene rings is 2. The summed E-state index contributed by atoms with van der Waals surface area (Å²) in [6.45, 7) is 2.60. The van der Waals surface area contributed by atoms with Crippen LogP contribution in [0.3, 0.4) is 0 Å². The van der Waals surface area contributed by atoms with Crippen molar-refractivity contribution < 1.29 is 19.0 Å². The molecule has 1 heterocycles. The maximum Gasteiger partial charge on any atom is 0.223 e. The van der Waals surface area contributed by atoms with Gasteiger partial charge in [-0.25, -0.2) is 0 Å². The second kappa shape index (κ2) is 11.3. The molecule has 2 N–H and O–H groups in total. The molecule has 0 spiro atoms. The highest BCUT2D eigenvalue weighted by atomic mass is 16.5. The van der Waals surface area contributed by atoms with Crippen LogP contribution < -0.4 is 24.8 Å². The van der Waals surface area contributed by atoms with Crippen molar-refractivity contribution in [1.82, 2.24) is 15.5 Å². The topological polar surface area (TPSA) is 84.4 Å². The molecule has 0 atom stereocenters. The van der Waals surface area contributed by atoms with Gasteiger partial charge < -0.3 is 29.7 Å². The van der Waals surface area contributed by atoms with Crippen LogP contribution in [0.5, 0.6) is 17.2 Å². The highest BCUT2D eigenvalue weighted by molar-refractivity contribution is 5.80. The predicted octanol–water partition coefficient (Wildman–Crippen LogP) is 2.70. The van der Waals surface area contributed by atoms with Gasteiger partial charge in [-0.2, -0.15) is 0 Å². The van der Waals surface area contributed by atoms with E-state index < -0.39 is 0 Å². The molecule has 2 aromatic carbocycles. The fourth-order valence-electron chi connectivity index (χ4n) is 3.76. The fraction of sp³-hybridized carbons (Fsp3) is 0.417. The first-order valence-electron chi connectivity index (χ1n) is 10.7. The minimum atomic E-state index is 0.184. The van der Waals surface area contributed by atoms with Crippen LogP contribution in [0.1, 0.15) is 29.5 Å². The molecule has 0 aromatic heterocycles. The summed E-state index contributed by atoms with van der Waals surface area (Å²) in [5, 5.41) is 6.54. The first-order valence-corrected chi connectivity index (χ1v) is 10.7. The Labute approximate surface area is 189 Å². The van der Waals surface area contributed by atoms with Crippen LogP contribution >= 0.6 is 0 Å². The number of rotatable bonds is 9. The summed E-state index contributed by atoms with van der Waals surface area (Å²) >= 11 is 0. The number of amides is 1. The van der Waals surface area contributed by atoms with E-state index in [2.05, 4.69) is 27.8 Å². The Hall–Kier alpha value is -3.42. The van der Waals surface area contributed by atoms with Crippen LogP contribution in [-0.4, -0.2) is 51.7 Å². The third-order valence-corrected chi connectivity index (χ3v) is 5.46. The lowest BCUT2D eigenvalue weighted by molar-refractivity contribution is -0.131. The van der Waals surface area contributed by atoms with Gasteiger partial charge in [0.2, 0.25) is 11.7 Å². The summed E-state index contributed by atoms with van der Waals surface area (Å²) in [5.41, 5.74) is 3.46. The quantitative estimate of drug-likeness (QED) is 0.354. The molecule has 1 aliphatic heterocycles. The largest absolute Gasteiger partial charge is 0.493 e. The highest BCUT2D eigenvalue weighted by Gasteiger charge is 2.22. The number of nitrogens with zero attached hydrogens (tertiary/aromatic N) is 2. The molecule has 8 heteroatoms. The molecule has 2 aromatic rings. The number of carbonyl (C=O) groups is 1. The number of aliphatic imine (C=N–C) groups is 1. The maximum atomic E-state index is 12.5. The van der Waals surface area contributed by atoms with Crippen molar-refractivity contribution >= 4 is 11.9 Å². The molecule has 32 heavy (non-hydrogen) atoms. The summed E-state index contributed by atoms with van der Waals surface area (Å²) in [7, 11) is 6.49. The van der Waals surface area contributed by atoms with Crippen molar-refractivity contribution in [2.75, 3.05) is 34.9 Å². The minimum absolute atomic E-state index is 0.184. The molecule has 172 valence electrons. The zero-order chi connectivity index (χ0) is 22.9. The molecular formula is C24H32N4O4. The van der Waals surface area contributed by atoms with Gasteiger partial charge in [0.1, 0.15) is 0 Å². The standard InChI is InChI=1S/C24H32N4O4/c1-25-24(27-14-17-12-20(30-2)23(32-4)21(13-17)31-3)26-11-7-10-22(29)28-15-18-8-5-6-9-19(18)16-28/h5-6,8-9,12-13H,7,10-11,14-16H2,1-4H3,(H2,25,26,27). The molecule has 0 saturated carbocycles. The summed E-state index contributed by atoms with van der Waals surface area (Å²) in [6.07, 6.45) is 1.24. The number of carbonyl (C=O) groups excluding carboxylic acids is 1. The monoisotopic (exact) mass is 440 g/mol. The van der Waals surface area contributed by atoms with E-state index in [1.807, 2.05) is 29.2 Å². The van der Waals surface area contributed by atoms with E-state index in [0.29, 0.717) is 55.8 Å². The molecule has 0 bridgehead atoms. The molecule has 3 rings (SSSR count). The number of hydrogen-bond donors (Lipinski definition) is 2. The van der Waals surface area contributed by atoms with E-state index in [0.717, 1.165) is 12.0 Å². The molecule has 0 saturated heterocycles. The van der Waals surface area contributed by atoms with Gasteiger partial charge in [0, 0.05) is 39.6 Å². The Kier molecular flexibility index (Phi) is 8.19. The maximum absolute atomic E-state index is 12.5. The van der Waals surface area contributed by atoms with Crippen LogP contribution in [0.2, 0.25) is 0 Å². The normalized spacial score (nSPS) is 12.9. The van der Waals surface area contributed by atoms with Gasteiger partial charge in [-0.15, -0.1) is 0 Å². The SMILES string of the molecule is CN=C(NCCCC(=O)N1Cc2ccccc2C1)NCc1cc(OC)c(OC)c(OC)c1. The number of ether oxygens (including phenoxy) is 3. The summed E-state index contributed by atoms with van der Waals surface area (Å²) in [5.74, 6) is 2.62. The molecule has 0 aliphatic carbocycles. The van der Waals surface area contributed by atoms with Crippen molar-refractivity contribution in [3.05, 3.63) is 53.1 Å². The second-order valence-corrected chi connectivity index (χ2v) is 7.51. The van der Waals surface area contributed by atoms with E-state index >= 15 is 0 Å². The lowest BCUT2D eigenvalue weighted by Crippen LogP contribution is -2.37. The van der Waals surface area contributed by atoms with Gasteiger partial charge in [-0.05, 0) is 35.2 Å². The van der Waals surface area contributed by atoms with Gasteiger partial charge in [-0.1, -0.05) is 24.3 Å². The van der Waals surface area contributed by atoms with Crippen LogP contribution in [0, 0.1) is 0 Å². The van der Waals surface area contributed by atoms with E-state index in [1.165, 1.54) is 11.1 Å². The Bertz CT molecular complexity index is 911. The summed E-state index contributed by atoms with van der Waals surface area (Å²) < 4.78 is 16.2. The highest BCUT2D eigenvalue weighted by Crippen LogP contribution is 2.38. The molecule has 0 fully saturated rings. The second-order valence-electron chi connectivity index (χ2n) is 7.51. The third kappa shape index (κ3) is 5.63. The van der Waals surface area contributed by atoms with Gasteiger partial charge in [0.25, 0.3) is 0 Å². The number of methoxy groups -OCH3 is 3. The Morgan fingerprint density at radius 1 is 1.00 bits per heavy atom. The van der Waals surface area contributed by atoms with Gasteiger partial charge in [0.05, 0.1) is 21.3 Å². The van der Waals surface area contributed by atoms with Crippen LogP contribution in [0.4, 0.5) is 0 Å². The number of hydrogen-bond acceptors (Lipinski definition) is 5. The molecule has 1 amide bonds. The average molecular weight is 441 g/mol. The third-order valence-electron chi connectivity index (χ3n) is 5.46. The van der Waals surface area contributed by atoms with E-state index in [1.54, 1.807) is 28.4 Å². The van der Waals surface area contributed by atoms with E-state index in [4.69, 9.17) is 14.2 Å². The zero-order valence-corrected chi connectivity index (χ0v) is 19.2. The van der Waals surface area contributed by atoms with Crippen molar-refractivity contribution in [2.45, 2.75) is 32.5 Å². The fourth-order valence-corrected chi connectivity index (χ4v) is 3.76. The van der Waals surface area contributed by atoms with Gasteiger partial charge in [0.15, 0.2) is 17.5 Å². The van der Waals surface area contributed by atoms with Gasteiger partial charge in [-0.3, -0.25) is 9.79 Å².